The second-order valence-electron chi connectivity index (χ2n) is 15.7. The van der Waals surface area contributed by atoms with Crippen molar-refractivity contribution in [3.8, 4) is 55.9 Å². The fraction of sp³-hybridized carbons (Fsp3) is 0. The van der Waals surface area contributed by atoms with Crippen molar-refractivity contribution >= 4 is 54.4 Å². The molecule has 2 heteroatoms. The molecule has 0 fully saturated rings. The van der Waals surface area contributed by atoms with Crippen molar-refractivity contribution in [1.29, 1.82) is 0 Å². The molecule has 0 radical (unpaired) electrons. The number of para-hydroxylation sites is 4. The third-order valence-corrected chi connectivity index (χ3v) is 12.3. The smallest absolute Gasteiger partial charge is 0.0547 e. The minimum Gasteiger partial charge on any atom is -0.309 e. The average Bonchev–Trinajstić information content (AvgIpc) is 3.87. The highest BCUT2D eigenvalue weighted by Gasteiger charge is 2.19. The third kappa shape index (κ3) is 6.12. The van der Waals surface area contributed by atoms with Gasteiger partial charge >= 0.3 is 0 Å². The zero-order valence-corrected chi connectivity index (χ0v) is 34.2. The monoisotopic (exact) mass is 790 g/mol. The lowest BCUT2D eigenvalue weighted by Gasteiger charge is -2.16. The van der Waals surface area contributed by atoms with E-state index in [1.54, 1.807) is 0 Å². The van der Waals surface area contributed by atoms with Gasteiger partial charge < -0.3 is 9.13 Å². The lowest BCUT2D eigenvalue weighted by molar-refractivity contribution is 1.18. The molecule has 0 aliphatic rings. The van der Waals surface area contributed by atoms with E-state index in [2.05, 4.69) is 253 Å². The SMILES string of the molecule is C=C.c1ccc(-c2ccccc2-n2c3ccccc3c3ccc(-c4ccc5c6ccccc6n(-c6ccccc6-c6cccc(-c7ccc8ccccc8c7)c6)c5c4)cc32)cc1. The molecule has 0 N–H and O–H groups in total. The number of rotatable bonds is 6. The molecule has 0 saturated carbocycles. The van der Waals surface area contributed by atoms with Gasteiger partial charge in [-0.05, 0) is 92.7 Å². The lowest BCUT2D eigenvalue weighted by atomic mass is 9.96. The molecule has 2 aromatic heterocycles. The fourth-order valence-corrected chi connectivity index (χ4v) is 9.50. The molecule has 0 atom stereocenters. The van der Waals surface area contributed by atoms with Crippen LogP contribution in [-0.4, -0.2) is 9.13 Å². The van der Waals surface area contributed by atoms with Crippen LogP contribution < -0.4 is 0 Å². The Morgan fingerprint density at radius 2 is 0.661 bits per heavy atom. The van der Waals surface area contributed by atoms with Crippen molar-refractivity contribution in [2.24, 2.45) is 0 Å². The first-order chi connectivity index (χ1) is 30.8. The molecule has 0 spiro atoms. The van der Waals surface area contributed by atoms with Gasteiger partial charge in [-0.1, -0.05) is 182 Å². The Morgan fingerprint density at radius 3 is 1.29 bits per heavy atom. The predicted molar refractivity (Wildman–Crippen MR) is 266 cm³/mol. The van der Waals surface area contributed by atoms with E-state index in [4.69, 9.17) is 0 Å². The Morgan fingerprint density at radius 1 is 0.242 bits per heavy atom. The maximum absolute atomic E-state index is 3.00. The highest BCUT2D eigenvalue weighted by atomic mass is 15.0. The summed E-state index contributed by atoms with van der Waals surface area (Å²) >= 11 is 0. The molecule has 12 aromatic rings. The minimum atomic E-state index is 1.16. The summed E-state index contributed by atoms with van der Waals surface area (Å²) < 4.78 is 4.92. The molecule has 0 bridgehead atoms. The fourth-order valence-electron chi connectivity index (χ4n) is 9.50. The Kier molecular flexibility index (Phi) is 9.17. The molecule has 292 valence electrons. The van der Waals surface area contributed by atoms with Crippen LogP contribution in [0, 0.1) is 0 Å². The summed E-state index contributed by atoms with van der Waals surface area (Å²) in [6, 6.07) is 84.3. The maximum atomic E-state index is 3.00. The number of hydrogen-bond donors (Lipinski definition) is 0. The molecule has 0 aliphatic heterocycles. The van der Waals surface area contributed by atoms with Gasteiger partial charge in [0, 0.05) is 32.7 Å². The average molecular weight is 791 g/mol. The Bertz CT molecular complexity index is 3620. The van der Waals surface area contributed by atoms with E-state index in [1.165, 1.54) is 105 Å². The van der Waals surface area contributed by atoms with Crippen molar-refractivity contribution in [3.05, 3.63) is 244 Å². The van der Waals surface area contributed by atoms with Crippen LogP contribution in [-0.2, 0) is 0 Å². The van der Waals surface area contributed by atoms with Gasteiger partial charge in [-0.15, -0.1) is 13.2 Å². The van der Waals surface area contributed by atoms with Gasteiger partial charge in [-0.2, -0.15) is 0 Å². The van der Waals surface area contributed by atoms with Crippen LogP contribution in [0.4, 0.5) is 0 Å². The summed E-state index contributed by atoms with van der Waals surface area (Å²) in [4.78, 5) is 0. The Balaban J connectivity index is 0.00000213. The number of benzene rings is 10. The molecule has 0 amide bonds. The van der Waals surface area contributed by atoms with Crippen LogP contribution >= 0.6 is 0 Å². The van der Waals surface area contributed by atoms with Crippen LogP contribution in [0.25, 0.3) is 110 Å². The van der Waals surface area contributed by atoms with Crippen LogP contribution in [0.5, 0.6) is 0 Å². The molecular weight excluding hydrogens is 749 g/mol. The summed E-state index contributed by atoms with van der Waals surface area (Å²) in [5, 5.41) is 7.47. The largest absolute Gasteiger partial charge is 0.309 e. The Hall–Kier alpha value is -8.20. The highest BCUT2D eigenvalue weighted by molar-refractivity contribution is 6.13. The molecule has 0 unspecified atom stereocenters. The van der Waals surface area contributed by atoms with Crippen LogP contribution in [0.15, 0.2) is 244 Å². The summed E-state index contributed by atoms with van der Waals surface area (Å²) in [5.74, 6) is 0. The first-order valence-corrected chi connectivity index (χ1v) is 21.2. The zero-order valence-electron chi connectivity index (χ0n) is 34.2. The van der Waals surface area contributed by atoms with Gasteiger partial charge in [0.25, 0.3) is 0 Å². The highest BCUT2D eigenvalue weighted by Crippen LogP contribution is 2.41. The van der Waals surface area contributed by atoms with E-state index in [-0.39, 0.29) is 0 Å². The first-order valence-electron chi connectivity index (χ1n) is 21.2. The van der Waals surface area contributed by atoms with E-state index in [0.717, 1.165) is 5.69 Å². The first kappa shape index (κ1) is 36.8. The number of fused-ring (bicyclic) bond motifs is 7. The van der Waals surface area contributed by atoms with E-state index in [1.807, 2.05) is 0 Å². The summed E-state index contributed by atoms with van der Waals surface area (Å²) in [5.41, 5.74) is 16.7. The molecule has 10 aromatic carbocycles. The van der Waals surface area contributed by atoms with Crippen molar-refractivity contribution < 1.29 is 0 Å². The number of aromatic nitrogens is 2. The normalized spacial score (nSPS) is 11.4. The van der Waals surface area contributed by atoms with Gasteiger partial charge in [0.1, 0.15) is 0 Å². The zero-order chi connectivity index (χ0) is 41.6. The lowest BCUT2D eigenvalue weighted by Crippen LogP contribution is -1.98. The third-order valence-electron chi connectivity index (χ3n) is 12.3. The molecule has 62 heavy (non-hydrogen) atoms. The summed E-state index contributed by atoms with van der Waals surface area (Å²) in [6.45, 7) is 6.00. The van der Waals surface area contributed by atoms with E-state index in [0.29, 0.717) is 0 Å². The minimum absolute atomic E-state index is 1.16. The van der Waals surface area contributed by atoms with E-state index in [9.17, 15) is 0 Å². The van der Waals surface area contributed by atoms with Gasteiger partial charge in [0.15, 0.2) is 0 Å². The van der Waals surface area contributed by atoms with Gasteiger partial charge in [0.2, 0.25) is 0 Å². The molecular formula is C60H42N2. The van der Waals surface area contributed by atoms with Crippen LogP contribution in [0.3, 0.4) is 0 Å². The van der Waals surface area contributed by atoms with Gasteiger partial charge in [-0.3, -0.25) is 0 Å². The standard InChI is InChI=1S/C58H38N2.C2H4/c1-2-16-40(17-3-1)47-21-6-10-25-53(47)59-55-27-12-8-23-49(55)51-33-31-44(37-57(51)59)45-32-34-52-50-24-9-13-28-56(50)60(58(52)38-45)54-26-11-7-22-48(54)46-20-14-19-42(36-46)43-30-29-39-15-4-5-18-41(39)35-43;1-2/h1-38H;1-2H2. The van der Waals surface area contributed by atoms with Gasteiger partial charge in [-0.25, -0.2) is 0 Å². The van der Waals surface area contributed by atoms with Crippen molar-refractivity contribution in [2.45, 2.75) is 0 Å². The summed E-state index contributed by atoms with van der Waals surface area (Å²) in [7, 11) is 0. The maximum Gasteiger partial charge on any atom is 0.0547 e. The topological polar surface area (TPSA) is 9.86 Å². The number of nitrogens with zero attached hydrogens (tertiary/aromatic N) is 2. The second-order valence-corrected chi connectivity index (χ2v) is 15.7. The van der Waals surface area contributed by atoms with Crippen LogP contribution in [0.1, 0.15) is 0 Å². The van der Waals surface area contributed by atoms with Crippen molar-refractivity contribution in [3.63, 3.8) is 0 Å². The van der Waals surface area contributed by atoms with Crippen LogP contribution in [0.2, 0.25) is 0 Å². The Labute approximate surface area is 361 Å². The quantitative estimate of drug-likeness (QED) is 0.149. The van der Waals surface area contributed by atoms with E-state index < -0.39 is 0 Å². The van der Waals surface area contributed by atoms with Crippen molar-refractivity contribution in [1.82, 2.24) is 9.13 Å². The number of hydrogen-bond acceptors (Lipinski definition) is 0. The molecule has 12 rings (SSSR count). The molecule has 0 saturated heterocycles. The predicted octanol–water partition coefficient (Wildman–Crippen LogP) is 16.5. The molecule has 2 heterocycles. The van der Waals surface area contributed by atoms with E-state index >= 15 is 0 Å². The second kappa shape index (κ2) is 15.4. The van der Waals surface area contributed by atoms with Gasteiger partial charge in [0.05, 0.1) is 33.4 Å². The summed E-state index contributed by atoms with van der Waals surface area (Å²) in [6.07, 6.45) is 0. The molecule has 2 nitrogen and oxygen atoms in total. The van der Waals surface area contributed by atoms with Crippen molar-refractivity contribution in [2.75, 3.05) is 0 Å². The molecule has 0 aliphatic carbocycles.